The zero-order valence-corrected chi connectivity index (χ0v) is 11.4. The molecule has 0 atom stereocenters. The van der Waals surface area contributed by atoms with Gasteiger partial charge >= 0.3 is 0 Å². The van der Waals surface area contributed by atoms with E-state index in [-0.39, 0.29) is 5.82 Å². The van der Waals surface area contributed by atoms with Crippen LogP contribution in [0.4, 0.5) is 10.2 Å². The minimum Gasteiger partial charge on any atom is -0.488 e. The average molecular weight is 311 g/mol. The summed E-state index contributed by atoms with van der Waals surface area (Å²) in [7, 11) is 1.81. The minimum absolute atomic E-state index is 0.296. The van der Waals surface area contributed by atoms with Crippen molar-refractivity contribution in [1.29, 1.82) is 0 Å². The Hall–Kier alpha value is -1.62. The van der Waals surface area contributed by atoms with Gasteiger partial charge in [-0.1, -0.05) is 0 Å². The number of nitrogens with one attached hydrogen (secondary N) is 1. The quantitative estimate of drug-likeness (QED) is 0.937. The number of hydrogen-bond donors (Lipinski definition) is 1. The summed E-state index contributed by atoms with van der Waals surface area (Å²) in [6.45, 7) is 0.404. The van der Waals surface area contributed by atoms with Gasteiger partial charge in [0.25, 0.3) is 0 Å². The lowest BCUT2D eigenvalue weighted by Crippen LogP contribution is -1.99. The molecule has 1 aromatic carbocycles. The van der Waals surface area contributed by atoms with E-state index in [0.29, 0.717) is 16.8 Å². The van der Waals surface area contributed by atoms with Gasteiger partial charge in [0.1, 0.15) is 24.0 Å². The van der Waals surface area contributed by atoms with Crippen molar-refractivity contribution in [2.45, 2.75) is 6.61 Å². The molecule has 0 radical (unpaired) electrons. The van der Waals surface area contributed by atoms with E-state index in [1.54, 1.807) is 12.3 Å². The fourth-order valence-electron chi connectivity index (χ4n) is 1.45. The van der Waals surface area contributed by atoms with Crippen LogP contribution in [0, 0.1) is 5.82 Å². The molecule has 0 spiro atoms. The van der Waals surface area contributed by atoms with Crippen molar-refractivity contribution in [3.63, 3.8) is 0 Å². The third-order valence-corrected chi connectivity index (χ3v) is 2.99. The number of benzene rings is 1. The molecule has 0 bridgehead atoms. The number of aromatic nitrogens is 1. The number of halogens is 2. The number of pyridine rings is 1. The lowest BCUT2D eigenvalue weighted by Gasteiger charge is -2.09. The van der Waals surface area contributed by atoms with E-state index in [1.807, 2.05) is 19.2 Å². The molecule has 3 nitrogen and oxygen atoms in total. The number of nitrogens with zero attached hydrogens (tertiary/aromatic N) is 1. The second kappa shape index (κ2) is 5.82. The topological polar surface area (TPSA) is 34.1 Å². The third kappa shape index (κ3) is 3.20. The van der Waals surface area contributed by atoms with Gasteiger partial charge in [0, 0.05) is 13.2 Å². The summed E-state index contributed by atoms with van der Waals surface area (Å²) in [5.41, 5.74) is 0.991. The summed E-state index contributed by atoms with van der Waals surface area (Å²) in [6.07, 6.45) is 1.71. The van der Waals surface area contributed by atoms with Crippen LogP contribution in [0.2, 0.25) is 0 Å². The van der Waals surface area contributed by atoms with Crippen molar-refractivity contribution >= 4 is 21.7 Å². The fraction of sp³-hybridized carbons (Fsp3) is 0.154. The van der Waals surface area contributed by atoms with Crippen molar-refractivity contribution in [2.24, 2.45) is 0 Å². The number of hydrogen-bond acceptors (Lipinski definition) is 3. The first-order valence-corrected chi connectivity index (χ1v) is 6.19. The molecule has 0 unspecified atom stereocenters. The highest BCUT2D eigenvalue weighted by Gasteiger charge is 2.03. The molecular weight excluding hydrogens is 299 g/mol. The summed E-state index contributed by atoms with van der Waals surface area (Å²) in [5, 5.41) is 2.96. The molecule has 5 heteroatoms. The maximum absolute atomic E-state index is 12.9. The van der Waals surface area contributed by atoms with Gasteiger partial charge in [-0.05, 0) is 51.8 Å². The van der Waals surface area contributed by atoms with Crippen LogP contribution in [0.1, 0.15) is 5.56 Å². The van der Waals surface area contributed by atoms with Gasteiger partial charge in [-0.15, -0.1) is 0 Å². The predicted molar refractivity (Wildman–Crippen MR) is 72.2 cm³/mol. The van der Waals surface area contributed by atoms with Gasteiger partial charge in [0.15, 0.2) is 0 Å². The Morgan fingerprint density at radius 1 is 1.33 bits per heavy atom. The number of ether oxygens (including phenoxy) is 1. The second-order valence-corrected chi connectivity index (χ2v) is 4.52. The smallest absolute Gasteiger partial charge is 0.134 e. The molecule has 0 aliphatic rings. The fourth-order valence-corrected chi connectivity index (χ4v) is 1.92. The van der Waals surface area contributed by atoms with E-state index in [9.17, 15) is 4.39 Å². The van der Waals surface area contributed by atoms with Crippen molar-refractivity contribution in [2.75, 3.05) is 12.4 Å². The Balaban J connectivity index is 2.06. The molecule has 1 N–H and O–H groups in total. The van der Waals surface area contributed by atoms with Gasteiger partial charge < -0.3 is 10.1 Å². The summed E-state index contributed by atoms with van der Waals surface area (Å²) in [6, 6.07) is 8.11. The first kappa shape index (κ1) is 12.8. The molecule has 94 valence electrons. The average Bonchev–Trinajstić information content (AvgIpc) is 2.38. The van der Waals surface area contributed by atoms with Crippen LogP contribution in [0.25, 0.3) is 0 Å². The minimum atomic E-state index is -0.296. The van der Waals surface area contributed by atoms with Crippen LogP contribution >= 0.6 is 15.9 Å². The van der Waals surface area contributed by atoms with Gasteiger partial charge in [-0.3, -0.25) is 0 Å². The standard InChI is InChI=1S/C13H12BrFN2O/c1-16-13-6-9(4-5-17-13)8-18-12-3-2-10(15)7-11(12)14/h2-7H,8H2,1H3,(H,16,17). The molecule has 0 amide bonds. The van der Waals surface area contributed by atoms with E-state index in [1.165, 1.54) is 12.1 Å². The highest BCUT2D eigenvalue weighted by molar-refractivity contribution is 9.10. The number of anilines is 1. The normalized spacial score (nSPS) is 10.2. The first-order valence-electron chi connectivity index (χ1n) is 5.39. The zero-order chi connectivity index (χ0) is 13.0. The van der Waals surface area contributed by atoms with Crippen LogP contribution in [0.5, 0.6) is 5.75 Å². The van der Waals surface area contributed by atoms with Crippen LogP contribution in [0.15, 0.2) is 41.0 Å². The zero-order valence-electron chi connectivity index (χ0n) is 9.78. The molecule has 1 heterocycles. The van der Waals surface area contributed by atoms with E-state index >= 15 is 0 Å². The Labute approximate surface area is 113 Å². The SMILES string of the molecule is CNc1cc(COc2ccc(F)cc2Br)ccn1. The predicted octanol–water partition coefficient (Wildman–Crippen LogP) is 3.60. The molecule has 0 aliphatic carbocycles. The van der Waals surface area contributed by atoms with Crippen molar-refractivity contribution in [3.05, 3.63) is 52.4 Å². The Bertz CT molecular complexity index is 548. The summed E-state index contributed by atoms with van der Waals surface area (Å²) in [4.78, 5) is 4.12. The maximum Gasteiger partial charge on any atom is 0.134 e. The van der Waals surface area contributed by atoms with Crippen molar-refractivity contribution in [1.82, 2.24) is 4.98 Å². The summed E-state index contributed by atoms with van der Waals surface area (Å²) < 4.78 is 19.1. The second-order valence-electron chi connectivity index (χ2n) is 3.66. The van der Waals surface area contributed by atoms with E-state index < -0.39 is 0 Å². The lowest BCUT2D eigenvalue weighted by molar-refractivity contribution is 0.303. The van der Waals surface area contributed by atoms with E-state index in [0.717, 1.165) is 11.4 Å². The Morgan fingerprint density at radius 2 is 2.17 bits per heavy atom. The van der Waals surface area contributed by atoms with E-state index in [4.69, 9.17) is 4.74 Å². The van der Waals surface area contributed by atoms with Crippen molar-refractivity contribution in [3.8, 4) is 5.75 Å². The molecule has 0 saturated carbocycles. The Morgan fingerprint density at radius 3 is 2.89 bits per heavy atom. The van der Waals surface area contributed by atoms with Gasteiger partial charge in [0.2, 0.25) is 0 Å². The molecule has 0 fully saturated rings. The van der Waals surface area contributed by atoms with Crippen molar-refractivity contribution < 1.29 is 9.13 Å². The summed E-state index contributed by atoms with van der Waals surface area (Å²) >= 11 is 3.26. The van der Waals surface area contributed by atoms with Gasteiger partial charge in [-0.25, -0.2) is 9.37 Å². The van der Waals surface area contributed by atoms with E-state index in [2.05, 4.69) is 26.2 Å². The molecule has 1 aromatic heterocycles. The molecule has 0 saturated heterocycles. The van der Waals surface area contributed by atoms with Crippen LogP contribution < -0.4 is 10.1 Å². The molecule has 2 aromatic rings. The largest absolute Gasteiger partial charge is 0.488 e. The number of rotatable bonds is 4. The highest BCUT2D eigenvalue weighted by atomic mass is 79.9. The lowest BCUT2D eigenvalue weighted by atomic mass is 10.3. The molecule has 2 rings (SSSR count). The van der Waals surface area contributed by atoms with Crippen LogP contribution in [-0.4, -0.2) is 12.0 Å². The first-order chi connectivity index (χ1) is 8.69. The van der Waals surface area contributed by atoms with Crippen LogP contribution in [0.3, 0.4) is 0 Å². The maximum atomic E-state index is 12.9. The van der Waals surface area contributed by atoms with Gasteiger partial charge in [-0.2, -0.15) is 0 Å². The van der Waals surface area contributed by atoms with Gasteiger partial charge in [0.05, 0.1) is 4.47 Å². The molecule has 0 aliphatic heterocycles. The monoisotopic (exact) mass is 310 g/mol. The summed E-state index contributed by atoms with van der Waals surface area (Å²) in [5.74, 6) is 1.10. The highest BCUT2D eigenvalue weighted by Crippen LogP contribution is 2.26. The molecular formula is C13H12BrFN2O. The van der Waals surface area contributed by atoms with Crippen LogP contribution in [-0.2, 0) is 6.61 Å². The third-order valence-electron chi connectivity index (χ3n) is 2.37. The Kier molecular flexibility index (Phi) is 4.15. The molecule has 18 heavy (non-hydrogen) atoms.